The largest absolute Gasteiger partial charge is 0.445 e. The lowest BCUT2D eigenvalue weighted by Crippen LogP contribution is -2.66. The third-order valence-corrected chi connectivity index (χ3v) is 22.0. The molecular weight excluding hydrogens is 1760 g/mol. The second kappa shape index (κ2) is 58.0. The predicted molar refractivity (Wildman–Crippen MR) is 454 cm³/mol. The van der Waals surface area contributed by atoms with Gasteiger partial charge in [-0.25, -0.2) is 18.8 Å². The van der Waals surface area contributed by atoms with E-state index in [4.69, 9.17) is 104 Å². The van der Waals surface area contributed by atoms with E-state index in [2.05, 4.69) is 62.8 Å². The van der Waals surface area contributed by atoms with Crippen LogP contribution in [0.15, 0.2) is 48.9 Å². The molecule has 6 fully saturated rings. The summed E-state index contributed by atoms with van der Waals surface area (Å²) >= 11 is 0. The third-order valence-electron chi connectivity index (χ3n) is 22.0. The summed E-state index contributed by atoms with van der Waals surface area (Å²) in [7, 11) is 0. The maximum atomic E-state index is 14.3. The van der Waals surface area contributed by atoms with E-state index in [-0.39, 0.29) is 203 Å². The lowest BCUT2D eigenvalue weighted by Gasteiger charge is -2.42. The molecule has 0 unspecified atom stereocenters. The number of nitrogens with zero attached hydrogens (tertiary/aromatic N) is 9. The summed E-state index contributed by atoms with van der Waals surface area (Å²) in [6.45, 7) is 10.8. The number of carbonyl (C=O) groups is 6. The number of aromatic nitrogens is 9. The molecule has 0 radical (unpaired) electrons. The Labute approximate surface area is 770 Å². The molecule has 0 saturated carbocycles. The van der Waals surface area contributed by atoms with Crippen molar-refractivity contribution in [2.75, 3.05) is 211 Å². The first-order valence-corrected chi connectivity index (χ1v) is 45.2. The van der Waals surface area contributed by atoms with Gasteiger partial charge < -0.3 is 167 Å². The van der Waals surface area contributed by atoms with Crippen molar-refractivity contribution in [2.45, 2.75) is 214 Å². The zero-order chi connectivity index (χ0) is 94.4. The van der Waals surface area contributed by atoms with Gasteiger partial charge in [-0.05, 0) is 31.2 Å². The van der Waals surface area contributed by atoms with Gasteiger partial charge >= 0.3 is 6.09 Å². The van der Waals surface area contributed by atoms with Crippen LogP contribution in [0, 0.1) is 0 Å². The van der Waals surface area contributed by atoms with E-state index in [1.807, 2.05) is 30.3 Å². The van der Waals surface area contributed by atoms with E-state index in [1.165, 1.54) is 20.8 Å². The first-order chi connectivity index (χ1) is 64.5. The zero-order valence-electron chi connectivity index (χ0n) is 75.9. The number of alkyl carbamates (subject to hydrolysis) is 1. The monoisotopic (exact) mass is 1900 g/mol. The molecule has 1 aromatic carbocycles. The Morgan fingerprint density at radius 2 is 0.707 bits per heavy atom. The van der Waals surface area contributed by atoms with Gasteiger partial charge in [0.15, 0.2) is 18.9 Å². The van der Waals surface area contributed by atoms with Gasteiger partial charge in [0.1, 0.15) is 101 Å². The molecule has 10 rings (SSSR count). The minimum atomic E-state index is -1.35. The van der Waals surface area contributed by atoms with Gasteiger partial charge in [0, 0.05) is 46.7 Å². The highest BCUT2D eigenvalue weighted by Crippen LogP contribution is 2.40. The molecule has 133 heavy (non-hydrogen) atoms. The number of benzene rings is 1. The number of fused-ring (bicyclic) bond motifs is 6. The van der Waals surface area contributed by atoms with Crippen molar-refractivity contribution in [2.24, 2.45) is 0 Å². The summed E-state index contributed by atoms with van der Waals surface area (Å²) in [6, 6.07) is 6.64. The summed E-state index contributed by atoms with van der Waals surface area (Å²) in [4.78, 5) is 74.0. The highest BCUT2D eigenvalue weighted by atomic mass is 16.8. The van der Waals surface area contributed by atoms with E-state index in [9.17, 15) is 59.4 Å². The molecule has 4 aromatic rings. The van der Waals surface area contributed by atoms with Gasteiger partial charge in [0.05, 0.1) is 256 Å². The van der Waals surface area contributed by atoms with Crippen LogP contribution in [0.1, 0.15) is 94.8 Å². The third kappa shape index (κ3) is 36.2. The zero-order valence-corrected chi connectivity index (χ0v) is 75.9. The van der Waals surface area contributed by atoms with Crippen LogP contribution < -0.4 is 31.9 Å². The van der Waals surface area contributed by atoms with Crippen LogP contribution in [0.5, 0.6) is 0 Å². The summed E-state index contributed by atoms with van der Waals surface area (Å²) in [6.07, 6.45) is -1.84. The summed E-state index contributed by atoms with van der Waals surface area (Å²) in [5.74, 6) is -1.59. The second-order valence-electron chi connectivity index (χ2n) is 32.9. The van der Waals surface area contributed by atoms with Gasteiger partial charge in [-0.3, -0.25) is 24.0 Å². The fourth-order valence-electron chi connectivity index (χ4n) is 15.0. The molecule has 0 aliphatic carbocycles. The quantitative estimate of drug-likeness (QED) is 0.0186. The molecule has 6 aliphatic rings. The highest BCUT2D eigenvalue weighted by Gasteiger charge is 2.62. The Bertz CT molecular complexity index is 3690. The van der Waals surface area contributed by atoms with Crippen molar-refractivity contribution in [3.8, 4) is 0 Å². The second-order valence-corrected chi connectivity index (χ2v) is 32.9. The van der Waals surface area contributed by atoms with Gasteiger partial charge in [-0.2, -0.15) is 0 Å². The van der Waals surface area contributed by atoms with Crippen LogP contribution in [0.25, 0.3) is 0 Å². The Morgan fingerprint density at radius 3 is 1.05 bits per heavy atom. The number of amides is 6. The normalized spacial score (nSPS) is 24.7. The number of rotatable bonds is 72. The van der Waals surface area contributed by atoms with Gasteiger partial charge in [0.2, 0.25) is 29.5 Å². The number of ether oxygens (including phenoxy) is 22. The number of unbranched alkanes of at least 4 members (excludes halogenated alkanes) is 4. The van der Waals surface area contributed by atoms with E-state index in [0.29, 0.717) is 128 Å². The predicted octanol–water partition coefficient (Wildman–Crippen LogP) is -4.32. The van der Waals surface area contributed by atoms with Crippen LogP contribution in [0.4, 0.5) is 4.79 Å². The van der Waals surface area contributed by atoms with Crippen LogP contribution in [0.3, 0.4) is 0 Å². The van der Waals surface area contributed by atoms with Crippen molar-refractivity contribution < 1.29 is 164 Å². The van der Waals surface area contributed by atoms with Gasteiger partial charge in [-0.1, -0.05) is 58.8 Å². The van der Waals surface area contributed by atoms with Crippen LogP contribution in [0.2, 0.25) is 0 Å². The van der Waals surface area contributed by atoms with Gasteiger partial charge in [-0.15, -0.1) is 15.3 Å². The summed E-state index contributed by atoms with van der Waals surface area (Å²) < 4.78 is 132. The van der Waals surface area contributed by atoms with Crippen LogP contribution >= 0.6 is 0 Å². The molecule has 49 heteroatoms. The number of nitrogens with one attached hydrogen (secondary N) is 6. The topological polar surface area (TPSA) is 591 Å². The average Bonchev–Trinajstić information content (AvgIpc) is 1.62. The SMILES string of the molecule is CC(=O)N[C@H]1[C@@H]2OC[C@](COCCOCCOCCOCCn3cc(COCC(COCc4cn(CCOCCOCCOCCOC[C@@]56CO[C@@H](O5)[C@H](NC(C)=O)[C@@H](O)[C@H]6O)nn4)(COCc4cn(CCOCCOCCOCCOC[C@@]56CO[C@@H](O5)[C@H](NC(C)=O)[C@@H](O)[C@H]6O)nn4)NC(=O)CCCCCNC(=O)CCCCCNC(=O)OCc4ccccc4)nn3)(O2)[C@H](O)[C@@H]1O. The maximum Gasteiger partial charge on any atom is 0.407 e. The van der Waals surface area contributed by atoms with E-state index >= 15 is 0 Å². The first-order valence-electron chi connectivity index (χ1n) is 45.2. The highest BCUT2D eigenvalue weighted by molar-refractivity contribution is 5.77. The fraction of sp³-hybridized carbons (Fsp3) is 0.786. The Morgan fingerprint density at radius 1 is 0.391 bits per heavy atom. The van der Waals surface area contributed by atoms with Crippen molar-refractivity contribution in [3.63, 3.8) is 0 Å². The van der Waals surface area contributed by atoms with Crippen molar-refractivity contribution in [1.82, 2.24) is 76.9 Å². The summed E-state index contributed by atoms with van der Waals surface area (Å²) in [5, 5.41) is 107. The molecule has 6 amide bonds. The molecule has 6 aliphatic heterocycles. The van der Waals surface area contributed by atoms with Crippen molar-refractivity contribution >= 4 is 35.6 Å². The maximum absolute atomic E-state index is 14.3. The van der Waals surface area contributed by atoms with Crippen molar-refractivity contribution in [3.05, 3.63) is 71.6 Å². The number of hydrogen-bond donors (Lipinski definition) is 12. The first kappa shape index (κ1) is 107. The van der Waals surface area contributed by atoms with Crippen molar-refractivity contribution in [1.29, 1.82) is 0 Å². The van der Waals surface area contributed by atoms with E-state index < -0.39 is 120 Å². The molecule has 6 bridgehead atoms. The molecule has 9 heterocycles. The molecule has 49 nitrogen and oxygen atoms in total. The molecule has 750 valence electrons. The minimum Gasteiger partial charge on any atom is -0.445 e. The van der Waals surface area contributed by atoms with E-state index in [1.54, 1.807) is 32.6 Å². The fourth-order valence-corrected chi connectivity index (χ4v) is 15.0. The number of hydrogen-bond acceptors (Lipinski definition) is 40. The number of aliphatic hydroxyl groups is 6. The number of carbonyl (C=O) groups excluding carboxylic acids is 6. The molecule has 0 spiro atoms. The average molecular weight is 1900 g/mol. The molecule has 12 N–H and O–H groups in total. The Kier molecular flexibility index (Phi) is 46.8. The lowest BCUT2D eigenvalue weighted by atomic mass is 9.88. The van der Waals surface area contributed by atoms with Crippen LogP contribution in [-0.2, 0) is 174 Å². The van der Waals surface area contributed by atoms with Gasteiger partial charge in [0.25, 0.3) is 0 Å². The number of aliphatic hydroxyl groups excluding tert-OH is 6. The lowest BCUT2D eigenvalue weighted by molar-refractivity contribution is -0.238. The Balaban J connectivity index is 0.654. The minimum absolute atomic E-state index is 0.0209. The summed E-state index contributed by atoms with van der Waals surface area (Å²) in [5.41, 5.74) is -2.84. The van der Waals surface area contributed by atoms with Crippen LogP contribution in [-0.4, -0.2) is 419 Å². The molecular formula is C84H135N15O34. The standard InChI is InChI=1S/C84H135N15O34/c1-59(100)87-68-71(105)74(108)82(56-128-77(68)131-82)53-121-40-37-118-34-31-115-28-25-112-22-19-97-43-63(91-94-97)47-124-50-81(90-67(104)16-10-6-11-17-85-66(103)15-9-5-12-18-86-80(111)127-46-62-13-7-4-8-14-62,51-125-48-64-44-98(95-92-64)20-23-113-26-29-116-32-35-119-38-41-122-54-83-57-129-78(132-83)69(88-60(2)101)72(106)75(83)109)52-126-49-65-45-99(96-93-65)21-24-114-27-30-117-33-36-120-39-42-123-55-84-58-130-79(133-84)70(89-61(3)102)73(107)76(84)110/h4,7-8,13-14,43-45,68-79,105-110H,5-6,9-12,15-42,46-58H2,1-3H3,(H,85,103)(H,86,111)(H,87,100)(H,88,101)(H,89,102)(H,90,104)/t68-,69-,70-,71-,72-,73-,74-,75-,76-,77-,78+,79+,82+,83+,84+/m1/s1. The Hall–Kier alpha value is -7.82. The smallest absolute Gasteiger partial charge is 0.407 e. The molecule has 3 aromatic heterocycles. The molecule has 6 saturated heterocycles. The van der Waals surface area contributed by atoms with E-state index in [0.717, 1.165) is 12.0 Å². The molecule has 15 atom stereocenters.